The summed E-state index contributed by atoms with van der Waals surface area (Å²) in [5.74, 6) is 1.73. The predicted octanol–water partition coefficient (Wildman–Crippen LogP) is 4.65. The largest absolute Gasteiger partial charge is 0.349 e. The molecule has 5 heteroatoms. The number of carbonyl (C=O) groups is 1. The maximum Gasteiger partial charge on any atom is 0.226 e. The van der Waals surface area contributed by atoms with Gasteiger partial charge in [-0.25, -0.2) is 4.98 Å². The second-order valence-electron chi connectivity index (χ2n) is 8.15. The van der Waals surface area contributed by atoms with Crippen molar-refractivity contribution in [2.75, 3.05) is 0 Å². The molecular weight excluding hydrogens is 384 g/mol. The Morgan fingerprint density at radius 1 is 1.25 bits per heavy atom. The maximum absolute atomic E-state index is 13.1. The molecule has 0 radical (unpaired) electrons. The van der Waals surface area contributed by atoms with Gasteiger partial charge in [-0.05, 0) is 62.5 Å². The van der Waals surface area contributed by atoms with Crippen LogP contribution < -0.4 is 5.32 Å². The maximum atomic E-state index is 13.1. The quantitative estimate of drug-likeness (QED) is 0.756. The van der Waals surface area contributed by atoms with Crippen molar-refractivity contribution in [3.05, 3.63) is 29.3 Å². The van der Waals surface area contributed by atoms with Gasteiger partial charge in [0.1, 0.15) is 5.01 Å². The van der Waals surface area contributed by atoms with Gasteiger partial charge in [-0.1, -0.05) is 28.1 Å². The van der Waals surface area contributed by atoms with Gasteiger partial charge in [0, 0.05) is 4.32 Å². The Morgan fingerprint density at radius 3 is 2.71 bits per heavy atom. The number of rotatable bonds is 3. The lowest BCUT2D eigenvalue weighted by atomic mass is 9.49. The molecule has 126 valence electrons. The van der Waals surface area contributed by atoms with Gasteiger partial charge in [-0.3, -0.25) is 4.79 Å². The van der Waals surface area contributed by atoms with E-state index < -0.39 is 0 Å². The first-order valence-electron chi connectivity index (χ1n) is 8.85. The van der Waals surface area contributed by atoms with Crippen molar-refractivity contribution in [3.63, 3.8) is 0 Å². The number of para-hydroxylation sites is 1. The van der Waals surface area contributed by atoms with Crippen LogP contribution >= 0.6 is 27.3 Å². The lowest BCUT2D eigenvalue weighted by molar-refractivity contribution is -0.144. The number of alkyl halides is 1. The first-order chi connectivity index (χ1) is 11.5. The Kier molecular flexibility index (Phi) is 3.37. The van der Waals surface area contributed by atoms with Crippen molar-refractivity contribution in [2.24, 2.45) is 17.3 Å². The highest BCUT2D eigenvalue weighted by atomic mass is 79.9. The van der Waals surface area contributed by atoms with Gasteiger partial charge in [-0.15, -0.1) is 11.3 Å². The van der Waals surface area contributed by atoms with Crippen LogP contribution in [0.4, 0.5) is 0 Å². The number of thiazole rings is 1. The molecule has 3 nitrogen and oxygen atoms in total. The molecule has 0 aliphatic heterocycles. The van der Waals surface area contributed by atoms with E-state index in [1.807, 2.05) is 18.2 Å². The predicted molar refractivity (Wildman–Crippen MR) is 100 cm³/mol. The zero-order valence-corrected chi connectivity index (χ0v) is 16.0. The molecule has 1 N–H and O–H groups in total. The number of nitrogens with one attached hydrogen (secondary N) is 1. The first kappa shape index (κ1) is 15.3. The standard InChI is InChI=1S/C19H21BrN2OS/c20-19-8-12-5-13(9-19)7-18(6-12,11-19)17(23)21-10-16-22-14-3-1-2-4-15(14)24-16/h1-4,12-13H,5-11H2,(H,21,23). The second-order valence-corrected chi connectivity index (χ2v) is 10.9. The van der Waals surface area contributed by atoms with Crippen molar-refractivity contribution in [1.29, 1.82) is 0 Å². The molecule has 1 heterocycles. The van der Waals surface area contributed by atoms with E-state index in [1.165, 1.54) is 24.0 Å². The summed E-state index contributed by atoms with van der Waals surface area (Å²) in [6, 6.07) is 8.17. The summed E-state index contributed by atoms with van der Waals surface area (Å²) in [7, 11) is 0. The fourth-order valence-corrected chi connectivity index (χ4v) is 8.11. The van der Waals surface area contributed by atoms with Gasteiger partial charge >= 0.3 is 0 Å². The molecule has 4 saturated carbocycles. The van der Waals surface area contributed by atoms with Gasteiger partial charge in [0.15, 0.2) is 0 Å². The Bertz CT molecular complexity index is 770. The highest BCUT2D eigenvalue weighted by Gasteiger charge is 2.59. The van der Waals surface area contributed by atoms with Crippen LogP contribution in [0.15, 0.2) is 24.3 Å². The molecule has 1 amide bonds. The molecule has 2 unspecified atom stereocenters. The highest BCUT2D eigenvalue weighted by Crippen LogP contribution is 2.64. The summed E-state index contributed by atoms with van der Waals surface area (Å²) >= 11 is 5.67. The van der Waals surface area contributed by atoms with E-state index in [0.717, 1.165) is 41.6 Å². The first-order valence-corrected chi connectivity index (χ1v) is 10.5. The van der Waals surface area contributed by atoms with Crippen molar-refractivity contribution >= 4 is 43.4 Å². The van der Waals surface area contributed by atoms with Crippen molar-refractivity contribution in [3.8, 4) is 0 Å². The van der Waals surface area contributed by atoms with E-state index in [9.17, 15) is 4.79 Å². The highest BCUT2D eigenvalue weighted by molar-refractivity contribution is 9.10. The zero-order valence-electron chi connectivity index (χ0n) is 13.6. The van der Waals surface area contributed by atoms with Gasteiger partial charge < -0.3 is 5.32 Å². The minimum atomic E-state index is -0.135. The van der Waals surface area contributed by atoms with Gasteiger partial charge in [0.2, 0.25) is 5.91 Å². The van der Waals surface area contributed by atoms with E-state index in [2.05, 4.69) is 32.3 Å². The van der Waals surface area contributed by atoms with Crippen LogP contribution in [0.25, 0.3) is 10.2 Å². The normalized spacial score (nSPS) is 37.0. The summed E-state index contributed by atoms with van der Waals surface area (Å²) in [4.78, 5) is 17.7. The summed E-state index contributed by atoms with van der Waals surface area (Å²) in [5, 5.41) is 4.22. The van der Waals surface area contributed by atoms with E-state index in [4.69, 9.17) is 0 Å². The van der Waals surface area contributed by atoms with Crippen LogP contribution in [0, 0.1) is 17.3 Å². The average molecular weight is 405 g/mol. The van der Waals surface area contributed by atoms with E-state index in [0.29, 0.717) is 6.54 Å². The molecule has 2 atom stereocenters. The summed E-state index contributed by atoms with van der Waals surface area (Å²) in [6.07, 6.45) is 7.04. The van der Waals surface area contributed by atoms with E-state index >= 15 is 0 Å². The number of benzene rings is 1. The summed E-state index contributed by atoms with van der Waals surface area (Å²) in [5.41, 5.74) is 0.894. The third-order valence-corrected chi connectivity index (χ3v) is 8.17. The molecule has 1 aromatic carbocycles. The zero-order chi connectivity index (χ0) is 16.4. The number of aromatic nitrogens is 1. The van der Waals surface area contributed by atoms with Gasteiger partial charge in [0.05, 0.1) is 22.2 Å². The van der Waals surface area contributed by atoms with Gasteiger partial charge in [-0.2, -0.15) is 0 Å². The van der Waals surface area contributed by atoms with Crippen molar-refractivity contribution < 1.29 is 4.79 Å². The second kappa shape index (κ2) is 5.28. The number of carbonyl (C=O) groups excluding carboxylic acids is 1. The molecule has 4 aliphatic carbocycles. The molecule has 1 aromatic heterocycles. The Hall–Kier alpha value is -0.940. The molecule has 4 bridgehead atoms. The fourth-order valence-electron chi connectivity index (χ4n) is 5.76. The van der Waals surface area contributed by atoms with Crippen LogP contribution in [0.1, 0.15) is 43.5 Å². The minimum absolute atomic E-state index is 0.135. The van der Waals surface area contributed by atoms with Crippen LogP contribution in [0.3, 0.4) is 0 Å². The Labute approximate surface area is 154 Å². The fraction of sp³-hybridized carbons (Fsp3) is 0.579. The van der Waals surface area contributed by atoms with Crippen LogP contribution in [0.5, 0.6) is 0 Å². The smallest absolute Gasteiger partial charge is 0.226 e. The molecule has 2 aromatic rings. The number of nitrogens with zero attached hydrogens (tertiary/aromatic N) is 1. The number of amides is 1. The molecule has 0 spiro atoms. The minimum Gasteiger partial charge on any atom is -0.349 e. The van der Waals surface area contributed by atoms with Gasteiger partial charge in [0.25, 0.3) is 0 Å². The topological polar surface area (TPSA) is 42.0 Å². The number of hydrogen-bond donors (Lipinski definition) is 1. The number of halogens is 1. The Morgan fingerprint density at radius 2 is 2.00 bits per heavy atom. The average Bonchev–Trinajstić information content (AvgIpc) is 2.93. The summed E-state index contributed by atoms with van der Waals surface area (Å²) < 4.78 is 1.42. The third kappa shape index (κ3) is 2.43. The van der Waals surface area contributed by atoms with E-state index in [-0.39, 0.29) is 15.6 Å². The number of fused-ring (bicyclic) bond motifs is 1. The van der Waals surface area contributed by atoms with Crippen LogP contribution in [0.2, 0.25) is 0 Å². The van der Waals surface area contributed by atoms with Crippen LogP contribution in [-0.4, -0.2) is 15.2 Å². The molecule has 0 saturated heterocycles. The molecule has 4 aliphatic rings. The Balaban J connectivity index is 1.33. The number of hydrogen-bond acceptors (Lipinski definition) is 3. The molecule has 4 fully saturated rings. The molecule has 24 heavy (non-hydrogen) atoms. The SMILES string of the molecule is O=C(NCc1nc2ccccc2s1)C12CC3CC(CC(Br)(C3)C1)C2. The lowest BCUT2D eigenvalue weighted by Gasteiger charge is -2.59. The third-order valence-electron chi connectivity index (χ3n) is 6.21. The van der Waals surface area contributed by atoms with Crippen LogP contribution in [-0.2, 0) is 11.3 Å². The summed E-state index contributed by atoms with van der Waals surface area (Å²) in [6.45, 7) is 0.560. The van der Waals surface area contributed by atoms with Crippen molar-refractivity contribution in [1.82, 2.24) is 10.3 Å². The molecule has 6 rings (SSSR count). The molecular formula is C19H21BrN2OS. The van der Waals surface area contributed by atoms with Crippen molar-refractivity contribution in [2.45, 2.75) is 49.4 Å². The monoisotopic (exact) mass is 404 g/mol. The lowest BCUT2D eigenvalue weighted by Crippen LogP contribution is -2.58. The van der Waals surface area contributed by atoms with E-state index in [1.54, 1.807) is 11.3 Å².